The fourth-order valence-corrected chi connectivity index (χ4v) is 3.69. The Bertz CT molecular complexity index is 960. The average molecular weight is 487 g/mol. The SMILES string of the molecule is NC(=O)C(N1CCOCC1)n1nc(C(=O)O)c(Br)c1NC(=O)c1ccccc1Cl. The maximum absolute atomic E-state index is 12.7. The number of aromatic nitrogens is 2. The van der Waals surface area contributed by atoms with Gasteiger partial charge in [-0.1, -0.05) is 23.7 Å². The first kappa shape index (κ1) is 21.2. The number of nitrogens with two attached hydrogens (primary N) is 1. The fraction of sp³-hybridized carbons (Fsp3) is 0.294. The summed E-state index contributed by atoms with van der Waals surface area (Å²) < 4.78 is 6.38. The number of rotatable bonds is 6. The van der Waals surface area contributed by atoms with Crippen molar-refractivity contribution in [1.29, 1.82) is 0 Å². The minimum atomic E-state index is -1.34. The molecule has 3 rings (SSSR count). The minimum Gasteiger partial charge on any atom is -0.476 e. The van der Waals surface area contributed by atoms with E-state index in [0.29, 0.717) is 26.3 Å². The number of carboxylic acid groups (broad SMARTS) is 1. The highest BCUT2D eigenvalue weighted by Gasteiger charge is 2.34. The lowest BCUT2D eigenvalue weighted by atomic mass is 10.2. The minimum absolute atomic E-state index is 0.00455. The summed E-state index contributed by atoms with van der Waals surface area (Å²) in [5.74, 6) is -2.72. The molecule has 1 aliphatic rings. The summed E-state index contributed by atoms with van der Waals surface area (Å²) in [5.41, 5.74) is 5.39. The highest BCUT2D eigenvalue weighted by molar-refractivity contribution is 9.10. The van der Waals surface area contributed by atoms with Crippen molar-refractivity contribution >= 4 is 51.1 Å². The predicted molar refractivity (Wildman–Crippen MR) is 107 cm³/mol. The van der Waals surface area contributed by atoms with Crippen LogP contribution in [0.2, 0.25) is 5.02 Å². The Morgan fingerprint density at radius 3 is 2.52 bits per heavy atom. The third-order valence-electron chi connectivity index (χ3n) is 4.28. The highest BCUT2D eigenvalue weighted by Crippen LogP contribution is 2.31. The van der Waals surface area contributed by atoms with Crippen molar-refractivity contribution < 1.29 is 24.2 Å². The number of primary amides is 1. The summed E-state index contributed by atoms with van der Waals surface area (Å²) in [4.78, 5) is 38.2. The van der Waals surface area contributed by atoms with Crippen molar-refractivity contribution in [3.63, 3.8) is 0 Å². The van der Waals surface area contributed by atoms with Gasteiger partial charge >= 0.3 is 5.97 Å². The average Bonchev–Trinajstić information content (AvgIpc) is 2.99. The molecule has 0 saturated carbocycles. The summed E-state index contributed by atoms with van der Waals surface area (Å²) in [6.45, 7) is 1.51. The van der Waals surface area contributed by atoms with Gasteiger partial charge in [-0.15, -0.1) is 0 Å². The molecular weight excluding hydrogens is 470 g/mol. The van der Waals surface area contributed by atoms with Crippen molar-refractivity contribution in [3.8, 4) is 0 Å². The standard InChI is InChI=1S/C17H17BrClN5O5/c18-11-12(17(27)28)22-24(16(13(20)25)23-5-7-29-8-6-23)14(11)21-15(26)9-3-1-2-4-10(9)19/h1-4,16H,5-8H2,(H2,20,25)(H,21,26)(H,27,28). The van der Waals surface area contributed by atoms with Crippen molar-refractivity contribution in [2.24, 2.45) is 5.73 Å². The highest BCUT2D eigenvalue weighted by atomic mass is 79.9. The molecule has 4 N–H and O–H groups in total. The number of hydrogen-bond donors (Lipinski definition) is 3. The van der Waals surface area contributed by atoms with E-state index in [0.717, 1.165) is 4.68 Å². The van der Waals surface area contributed by atoms with Gasteiger partial charge in [0.05, 0.1) is 28.3 Å². The van der Waals surface area contributed by atoms with Crippen LogP contribution in [0.5, 0.6) is 0 Å². The first-order valence-electron chi connectivity index (χ1n) is 8.49. The Morgan fingerprint density at radius 1 is 1.28 bits per heavy atom. The lowest BCUT2D eigenvalue weighted by Gasteiger charge is -2.33. The molecule has 0 aliphatic carbocycles. The van der Waals surface area contributed by atoms with E-state index in [1.807, 2.05) is 0 Å². The van der Waals surface area contributed by atoms with Crippen LogP contribution < -0.4 is 11.1 Å². The Kier molecular flexibility index (Phi) is 6.52. The number of morpholine rings is 1. The van der Waals surface area contributed by atoms with Gasteiger partial charge in [0.1, 0.15) is 5.82 Å². The van der Waals surface area contributed by atoms with Crippen LogP contribution in [-0.4, -0.2) is 63.9 Å². The molecule has 2 aromatic rings. The Balaban J connectivity index is 2.05. The number of ether oxygens (including phenoxy) is 1. The molecule has 0 radical (unpaired) electrons. The summed E-state index contributed by atoms with van der Waals surface area (Å²) in [6, 6.07) is 6.36. The summed E-state index contributed by atoms with van der Waals surface area (Å²) in [6.07, 6.45) is -1.12. The largest absolute Gasteiger partial charge is 0.476 e. The van der Waals surface area contributed by atoms with Crippen LogP contribution in [0.4, 0.5) is 5.82 Å². The lowest BCUT2D eigenvalue weighted by Crippen LogP contribution is -2.47. The zero-order valence-corrected chi connectivity index (χ0v) is 17.3. The normalized spacial score (nSPS) is 15.7. The van der Waals surface area contributed by atoms with Crippen LogP contribution in [0.1, 0.15) is 27.0 Å². The molecule has 2 amide bonds. The first-order valence-corrected chi connectivity index (χ1v) is 9.66. The Labute approximate surface area is 178 Å². The number of benzene rings is 1. The third kappa shape index (κ3) is 4.42. The second kappa shape index (κ2) is 8.91. The van der Waals surface area contributed by atoms with E-state index in [9.17, 15) is 19.5 Å². The van der Waals surface area contributed by atoms with Crippen LogP contribution >= 0.6 is 27.5 Å². The molecule has 0 spiro atoms. The molecule has 1 fully saturated rings. The summed E-state index contributed by atoms with van der Waals surface area (Å²) >= 11 is 9.23. The van der Waals surface area contributed by atoms with Crippen molar-refractivity contribution in [1.82, 2.24) is 14.7 Å². The molecule has 0 bridgehead atoms. The topological polar surface area (TPSA) is 140 Å². The van der Waals surface area contributed by atoms with Gasteiger partial charge in [0.2, 0.25) is 0 Å². The number of carbonyl (C=O) groups excluding carboxylic acids is 2. The van der Waals surface area contributed by atoms with Crippen LogP contribution in [0, 0.1) is 0 Å². The fourth-order valence-electron chi connectivity index (χ4n) is 2.94. The quantitative estimate of drug-likeness (QED) is 0.563. The van der Waals surface area contributed by atoms with Gasteiger partial charge in [-0.25, -0.2) is 9.48 Å². The maximum atomic E-state index is 12.7. The molecule has 10 nitrogen and oxygen atoms in total. The number of carboxylic acids is 1. The van der Waals surface area contributed by atoms with Gasteiger partial charge in [-0.3, -0.25) is 14.5 Å². The molecule has 1 atom stereocenters. The molecule has 1 saturated heterocycles. The van der Waals surface area contributed by atoms with Crippen LogP contribution in [0.25, 0.3) is 0 Å². The summed E-state index contributed by atoms with van der Waals surface area (Å²) in [7, 11) is 0. The number of nitrogens with zero attached hydrogens (tertiary/aromatic N) is 3. The van der Waals surface area contributed by atoms with E-state index in [2.05, 4.69) is 26.3 Å². The Hall–Kier alpha value is -2.47. The number of hydrogen-bond acceptors (Lipinski definition) is 6. The molecule has 154 valence electrons. The van der Waals surface area contributed by atoms with Crippen LogP contribution in [0.3, 0.4) is 0 Å². The van der Waals surface area contributed by atoms with E-state index in [1.54, 1.807) is 23.1 Å². The van der Waals surface area contributed by atoms with Crippen molar-refractivity contribution in [3.05, 3.63) is 45.0 Å². The zero-order chi connectivity index (χ0) is 21.1. The van der Waals surface area contributed by atoms with Gasteiger partial charge in [0, 0.05) is 13.1 Å². The van der Waals surface area contributed by atoms with E-state index < -0.39 is 23.9 Å². The first-order chi connectivity index (χ1) is 13.8. The van der Waals surface area contributed by atoms with E-state index in [-0.39, 0.29) is 26.6 Å². The van der Waals surface area contributed by atoms with Gasteiger partial charge in [0.15, 0.2) is 11.9 Å². The number of aromatic carboxylic acids is 1. The molecule has 2 heterocycles. The molecule has 1 aromatic heterocycles. The Morgan fingerprint density at radius 2 is 1.93 bits per heavy atom. The van der Waals surface area contributed by atoms with E-state index >= 15 is 0 Å². The van der Waals surface area contributed by atoms with Gasteiger partial charge in [-0.2, -0.15) is 5.10 Å². The number of anilines is 1. The number of amides is 2. The van der Waals surface area contributed by atoms with Gasteiger partial charge in [0.25, 0.3) is 11.8 Å². The monoisotopic (exact) mass is 485 g/mol. The smallest absolute Gasteiger partial charge is 0.357 e. The van der Waals surface area contributed by atoms with E-state index in [1.165, 1.54) is 6.07 Å². The maximum Gasteiger partial charge on any atom is 0.357 e. The van der Waals surface area contributed by atoms with Crippen molar-refractivity contribution in [2.75, 3.05) is 31.6 Å². The number of carbonyl (C=O) groups is 3. The van der Waals surface area contributed by atoms with Gasteiger partial charge in [-0.05, 0) is 28.1 Å². The molecule has 1 unspecified atom stereocenters. The van der Waals surface area contributed by atoms with Crippen molar-refractivity contribution in [2.45, 2.75) is 6.17 Å². The molecule has 29 heavy (non-hydrogen) atoms. The second-order valence-corrected chi connectivity index (χ2v) is 7.32. The third-order valence-corrected chi connectivity index (χ3v) is 5.36. The molecule has 1 aliphatic heterocycles. The van der Waals surface area contributed by atoms with E-state index in [4.69, 9.17) is 22.1 Å². The second-order valence-electron chi connectivity index (χ2n) is 6.12. The number of nitrogens with one attached hydrogen (secondary N) is 1. The molecule has 1 aromatic carbocycles. The molecular formula is C17H17BrClN5O5. The zero-order valence-electron chi connectivity index (χ0n) is 15.0. The molecule has 12 heteroatoms. The predicted octanol–water partition coefficient (Wildman–Crippen LogP) is 1.57. The van der Waals surface area contributed by atoms with Crippen LogP contribution in [-0.2, 0) is 9.53 Å². The van der Waals surface area contributed by atoms with Gasteiger partial charge < -0.3 is 20.9 Å². The number of halogens is 2. The lowest BCUT2D eigenvalue weighted by molar-refractivity contribution is -0.129. The van der Waals surface area contributed by atoms with Crippen LogP contribution in [0.15, 0.2) is 28.7 Å². The summed E-state index contributed by atoms with van der Waals surface area (Å²) in [5, 5.41) is 16.3.